The number of hydrogen-bond acceptors (Lipinski definition) is 1. The third-order valence-corrected chi connectivity index (χ3v) is 4.67. The van der Waals surface area contributed by atoms with Crippen molar-refractivity contribution in [1.82, 2.24) is 5.32 Å². The Morgan fingerprint density at radius 2 is 1.48 bits per heavy atom. The third-order valence-electron chi connectivity index (χ3n) is 4.67. The zero-order valence-corrected chi connectivity index (χ0v) is 16.6. The smallest absolute Gasteiger partial charge is 0.0115 e. The van der Waals surface area contributed by atoms with E-state index in [1.165, 1.54) is 37.8 Å². The zero-order valence-electron chi connectivity index (χ0n) is 16.6. The molecule has 2 unspecified atom stereocenters. The Hall–Kier alpha value is -1.50. The standard InChI is InChI=1S/C24H39N/c1-4-6-7-8-9-10-11-12-16-19-23-21-24(23)20-17-14-13-15-18-22(3)25-5-2/h6-7,9-10,12,14,16-17,23-25H,3-5,8,11,13,15,18-21H2,1-2H3/b7-6-,10-9-,16-12-,17-14-. The Balaban J connectivity index is 1.95. The molecule has 1 rings (SSSR count). The van der Waals surface area contributed by atoms with Crippen molar-refractivity contribution >= 4 is 0 Å². The van der Waals surface area contributed by atoms with Crippen LogP contribution in [0.3, 0.4) is 0 Å². The summed E-state index contributed by atoms with van der Waals surface area (Å²) in [7, 11) is 0. The van der Waals surface area contributed by atoms with E-state index in [9.17, 15) is 0 Å². The lowest BCUT2D eigenvalue weighted by Gasteiger charge is -2.04. The fourth-order valence-electron chi connectivity index (χ4n) is 3.03. The quantitative estimate of drug-likeness (QED) is 0.247. The van der Waals surface area contributed by atoms with Crippen LogP contribution >= 0.6 is 0 Å². The van der Waals surface area contributed by atoms with Crippen LogP contribution in [-0.2, 0) is 0 Å². The van der Waals surface area contributed by atoms with Crippen LogP contribution in [-0.4, -0.2) is 6.54 Å². The number of hydrogen-bond donors (Lipinski definition) is 1. The van der Waals surface area contributed by atoms with Gasteiger partial charge in [0.1, 0.15) is 0 Å². The number of allylic oxidation sites excluding steroid dienone is 9. The van der Waals surface area contributed by atoms with Gasteiger partial charge in [-0.3, -0.25) is 0 Å². The summed E-state index contributed by atoms with van der Waals surface area (Å²) in [6, 6.07) is 0. The summed E-state index contributed by atoms with van der Waals surface area (Å²) in [6.45, 7) is 9.30. The second kappa shape index (κ2) is 14.8. The van der Waals surface area contributed by atoms with E-state index in [0.717, 1.165) is 44.1 Å². The van der Waals surface area contributed by atoms with E-state index in [0.29, 0.717) is 0 Å². The Morgan fingerprint density at radius 1 is 0.880 bits per heavy atom. The van der Waals surface area contributed by atoms with E-state index >= 15 is 0 Å². The maximum absolute atomic E-state index is 4.03. The van der Waals surface area contributed by atoms with Crippen molar-refractivity contribution < 1.29 is 0 Å². The Bertz CT molecular complexity index is 453. The van der Waals surface area contributed by atoms with E-state index < -0.39 is 0 Å². The third kappa shape index (κ3) is 12.5. The number of unbranched alkanes of at least 4 members (excludes halogenated alkanes) is 1. The summed E-state index contributed by atoms with van der Waals surface area (Å²) in [5.74, 6) is 1.87. The molecule has 25 heavy (non-hydrogen) atoms. The molecule has 0 aliphatic heterocycles. The van der Waals surface area contributed by atoms with Crippen molar-refractivity contribution in [1.29, 1.82) is 0 Å². The van der Waals surface area contributed by atoms with E-state index in [1.54, 1.807) is 0 Å². The summed E-state index contributed by atoms with van der Waals surface area (Å²) < 4.78 is 0. The summed E-state index contributed by atoms with van der Waals surface area (Å²) in [4.78, 5) is 0. The highest BCUT2D eigenvalue weighted by atomic mass is 14.9. The van der Waals surface area contributed by atoms with Crippen LogP contribution in [0.2, 0.25) is 0 Å². The van der Waals surface area contributed by atoms with Gasteiger partial charge in [0.05, 0.1) is 0 Å². The Morgan fingerprint density at radius 3 is 2.12 bits per heavy atom. The molecule has 0 aromatic carbocycles. The van der Waals surface area contributed by atoms with E-state index in [2.05, 4.69) is 74.4 Å². The number of nitrogens with one attached hydrogen (secondary N) is 1. The largest absolute Gasteiger partial charge is 0.389 e. The van der Waals surface area contributed by atoms with Crippen LogP contribution in [0.1, 0.15) is 71.6 Å². The molecular weight excluding hydrogens is 302 g/mol. The maximum atomic E-state index is 4.03. The van der Waals surface area contributed by atoms with Gasteiger partial charge in [0, 0.05) is 12.2 Å². The molecule has 1 nitrogen and oxygen atoms in total. The maximum Gasteiger partial charge on any atom is 0.0115 e. The minimum absolute atomic E-state index is 0.936. The molecule has 0 heterocycles. The average Bonchev–Trinajstić information content (AvgIpc) is 3.35. The van der Waals surface area contributed by atoms with Gasteiger partial charge in [0.25, 0.3) is 0 Å². The van der Waals surface area contributed by atoms with Gasteiger partial charge in [-0.1, -0.05) is 62.1 Å². The molecule has 0 bridgehead atoms. The van der Waals surface area contributed by atoms with Gasteiger partial charge in [-0.05, 0) is 76.5 Å². The molecule has 0 saturated heterocycles. The molecule has 1 saturated carbocycles. The summed E-state index contributed by atoms with van der Waals surface area (Å²) in [6.07, 6.45) is 29.2. The van der Waals surface area contributed by atoms with Crippen LogP contribution in [0.5, 0.6) is 0 Å². The van der Waals surface area contributed by atoms with Crippen LogP contribution in [0.15, 0.2) is 60.9 Å². The fraction of sp³-hybridized carbons (Fsp3) is 0.583. The van der Waals surface area contributed by atoms with Crippen molar-refractivity contribution in [2.45, 2.75) is 71.6 Å². The second-order valence-electron chi connectivity index (χ2n) is 7.02. The van der Waals surface area contributed by atoms with Crippen LogP contribution in [0.4, 0.5) is 0 Å². The molecule has 1 aliphatic rings. The predicted molar refractivity (Wildman–Crippen MR) is 114 cm³/mol. The molecule has 1 fully saturated rings. The van der Waals surface area contributed by atoms with Crippen molar-refractivity contribution in [3.05, 3.63) is 60.9 Å². The first-order valence-electron chi connectivity index (χ1n) is 10.3. The molecular formula is C24H39N. The van der Waals surface area contributed by atoms with E-state index in [1.807, 2.05) is 0 Å². The van der Waals surface area contributed by atoms with Crippen LogP contribution < -0.4 is 5.32 Å². The summed E-state index contributed by atoms with van der Waals surface area (Å²) in [5, 5.41) is 3.28. The normalized spacial score (nSPS) is 20.4. The molecule has 0 aromatic heterocycles. The monoisotopic (exact) mass is 341 g/mol. The number of rotatable bonds is 15. The molecule has 0 spiro atoms. The molecule has 2 atom stereocenters. The van der Waals surface area contributed by atoms with Crippen molar-refractivity contribution in [3.8, 4) is 0 Å². The molecule has 0 radical (unpaired) electrons. The van der Waals surface area contributed by atoms with Gasteiger partial charge in [-0.15, -0.1) is 0 Å². The predicted octanol–water partition coefficient (Wildman–Crippen LogP) is 7.11. The lowest BCUT2D eigenvalue weighted by Crippen LogP contribution is -2.10. The average molecular weight is 342 g/mol. The van der Waals surface area contributed by atoms with Crippen LogP contribution in [0.25, 0.3) is 0 Å². The molecule has 0 aromatic rings. The van der Waals surface area contributed by atoms with Gasteiger partial charge in [-0.2, -0.15) is 0 Å². The Labute approximate surface area is 156 Å². The van der Waals surface area contributed by atoms with Gasteiger partial charge in [0.15, 0.2) is 0 Å². The minimum atomic E-state index is 0.936. The van der Waals surface area contributed by atoms with E-state index in [4.69, 9.17) is 0 Å². The minimum Gasteiger partial charge on any atom is -0.389 e. The summed E-state index contributed by atoms with van der Waals surface area (Å²) >= 11 is 0. The molecule has 0 amide bonds. The summed E-state index contributed by atoms with van der Waals surface area (Å²) in [5.41, 5.74) is 1.18. The van der Waals surface area contributed by atoms with Gasteiger partial charge < -0.3 is 5.32 Å². The van der Waals surface area contributed by atoms with Crippen molar-refractivity contribution in [2.24, 2.45) is 11.8 Å². The highest BCUT2D eigenvalue weighted by Crippen LogP contribution is 2.44. The molecule has 1 heteroatoms. The van der Waals surface area contributed by atoms with Gasteiger partial charge in [0.2, 0.25) is 0 Å². The van der Waals surface area contributed by atoms with Gasteiger partial charge >= 0.3 is 0 Å². The first kappa shape index (κ1) is 21.5. The molecule has 1 N–H and O–H groups in total. The first-order valence-corrected chi connectivity index (χ1v) is 10.3. The highest BCUT2D eigenvalue weighted by molar-refractivity contribution is 5.01. The zero-order chi connectivity index (χ0) is 18.2. The molecule has 140 valence electrons. The van der Waals surface area contributed by atoms with Crippen LogP contribution in [0, 0.1) is 11.8 Å². The van der Waals surface area contributed by atoms with E-state index in [-0.39, 0.29) is 0 Å². The highest BCUT2D eigenvalue weighted by Gasteiger charge is 2.34. The van der Waals surface area contributed by atoms with Crippen molar-refractivity contribution in [2.75, 3.05) is 6.54 Å². The lowest BCUT2D eigenvalue weighted by molar-refractivity contribution is 0.712. The second-order valence-corrected chi connectivity index (χ2v) is 7.02. The topological polar surface area (TPSA) is 12.0 Å². The van der Waals surface area contributed by atoms with Gasteiger partial charge in [-0.25, -0.2) is 0 Å². The lowest BCUT2D eigenvalue weighted by atomic mass is 10.1. The first-order chi connectivity index (χ1) is 12.3. The molecule has 1 aliphatic carbocycles. The van der Waals surface area contributed by atoms with Crippen molar-refractivity contribution in [3.63, 3.8) is 0 Å². The SMILES string of the molecule is C=C(CCC/C=C\CC1CC1C/C=C\C/C=C\C/C=C\CC)NCC. The fourth-order valence-corrected chi connectivity index (χ4v) is 3.03. The Kier molecular flexibility index (Phi) is 12.8.